The molecule has 16 heavy (non-hydrogen) atoms. The third kappa shape index (κ3) is 2.20. The summed E-state index contributed by atoms with van der Waals surface area (Å²) in [7, 11) is 0. The molecule has 1 aromatic carbocycles. The molecule has 2 aromatic rings. The van der Waals surface area contributed by atoms with E-state index in [2.05, 4.69) is 0 Å². The molecule has 0 radical (unpaired) electrons. The molecule has 84 valence electrons. The fourth-order valence-electron chi connectivity index (χ4n) is 1.65. The first kappa shape index (κ1) is 11.4. The second kappa shape index (κ2) is 4.44. The zero-order valence-corrected chi connectivity index (χ0v) is 10.3. The topological polar surface area (TPSA) is 37.3 Å². The number of fused-ring (bicyclic) bond motifs is 1. The third-order valence-electron chi connectivity index (χ3n) is 2.49. The van der Waals surface area contributed by atoms with Crippen molar-refractivity contribution in [1.29, 1.82) is 0 Å². The van der Waals surface area contributed by atoms with Crippen molar-refractivity contribution >= 4 is 39.0 Å². The van der Waals surface area contributed by atoms with Gasteiger partial charge >= 0.3 is 5.97 Å². The number of benzene rings is 1. The van der Waals surface area contributed by atoms with Gasteiger partial charge in [-0.05, 0) is 18.2 Å². The van der Waals surface area contributed by atoms with Gasteiger partial charge in [0.15, 0.2) is 0 Å². The first-order valence-corrected chi connectivity index (χ1v) is 6.17. The van der Waals surface area contributed by atoms with Gasteiger partial charge in [0.25, 0.3) is 0 Å². The standard InChI is InChI=1S/C12H11ClO2S/c1-7(5-12(14)15)11-6-8-9(13)3-2-4-10(8)16-11/h2-4,6-7H,5H2,1H3,(H,14,15). The molecule has 1 aromatic heterocycles. The van der Waals surface area contributed by atoms with E-state index in [4.69, 9.17) is 16.7 Å². The molecule has 2 rings (SSSR count). The molecule has 0 amide bonds. The molecule has 4 heteroatoms. The van der Waals surface area contributed by atoms with Crippen LogP contribution in [-0.2, 0) is 4.79 Å². The average molecular weight is 255 g/mol. The lowest BCUT2D eigenvalue weighted by Crippen LogP contribution is -2.00. The summed E-state index contributed by atoms with van der Waals surface area (Å²) in [6.45, 7) is 1.92. The molecule has 1 N–H and O–H groups in total. The summed E-state index contributed by atoms with van der Waals surface area (Å²) in [6.07, 6.45) is 0.157. The third-order valence-corrected chi connectivity index (χ3v) is 4.16. The smallest absolute Gasteiger partial charge is 0.303 e. The maximum Gasteiger partial charge on any atom is 0.303 e. The molecule has 1 heterocycles. The van der Waals surface area contributed by atoms with Crippen LogP contribution in [0.1, 0.15) is 24.1 Å². The maximum atomic E-state index is 10.6. The van der Waals surface area contributed by atoms with Crippen LogP contribution in [0, 0.1) is 0 Å². The van der Waals surface area contributed by atoms with Crippen molar-refractivity contribution in [3.05, 3.63) is 34.2 Å². The van der Waals surface area contributed by atoms with Crippen LogP contribution in [0.2, 0.25) is 5.02 Å². The number of carboxylic acids is 1. The molecular weight excluding hydrogens is 244 g/mol. The maximum absolute atomic E-state index is 10.6. The lowest BCUT2D eigenvalue weighted by molar-refractivity contribution is -0.137. The van der Waals surface area contributed by atoms with Crippen LogP contribution in [0.3, 0.4) is 0 Å². The highest BCUT2D eigenvalue weighted by Gasteiger charge is 2.14. The summed E-state index contributed by atoms with van der Waals surface area (Å²) in [6, 6.07) is 7.76. The van der Waals surface area contributed by atoms with Crippen molar-refractivity contribution in [1.82, 2.24) is 0 Å². The van der Waals surface area contributed by atoms with Crippen molar-refractivity contribution in [2.24, 2.45) is 0 Å². The molecular formula is C12H11ClO2S. The molecule has 0 saturated carbocycles. The monoisotopic (exact) mass is 254 g/mol. The summed E-state index contributed by atoms with van der Waals surface area (Å²) in [4.78, 5) is 11.7. The summed E-state index contributed by atoms with van der Waals surface area (Å²) < 4.78 is 1.11. The van der Waals surface area contributed by atoms with E-state index in [1.807, 2.05) is 31.2 Å². The lowest BCUT2D eigenvalue weighted by Gasteiger charge is -2.03. The van der Waals surface area contributed by atoms with Crippen molar-refractivity contribution in [2.45, 2.75) is 19.3 Å². The molecule has 1 unspecified atom stereocenters. The van der Waals surface area contributed by atoms with E-state index in [9.17, 15) is 4.79 Å². The van der Waals surface area contributed by atoms with Gasteiger partial charge in [0.2, 0.25) is 0 Å². The van der Waals surface area contributed by atoms with Crippen LogP contribution >= 0.6 is 22.9 Å². The lowest BCUT2D eigenvalue weighted by atomic mass is 10.1. The summed E-state index contributed by atoms with van der Waals surface area (Å²) in [5, 5.41) is 10.5. The number of halogens is 1. The quantitative estimate of drug-likeness (QED) is 0.894. The highest BCUT2D eigenvalue weighted by Crippen LogP contribution is 2.35. The second-order valence-corrected chi connectivity index (χ2v) is 5.32. The summed E-state index contributed by atoms with van der Waals surface area (Å²) in [5.41, 5.74) is 0. The Morgan fingerprint density at radius 1 is 1.56 bits per heavy atom. The molecule has 0 aliphatic heterocycles. The normalized spacial score (nSPS) is 12.9. The van der Waals surface area contributed by atoms with Gasteiger partial charge in [-0.3, -0.25) is 4.79 Å². The van der Waals surface area contributed by atoms with Crippen LogP contribution in [0.15, 0.2) is 24.3 Å². The van der Waals surface area contributed by atoms with E-state index < -0.39 is 5.97 Å². The Labute approximate surface area is 102 Å². The number of carboxylic acid groups (broad SMARTS) is 1. The largest absolute Gasteiger partial charge is 0.481 e. The molecule has 0 aliphatic rings. The van der Waals surface area contributed by atoms with Crippen molar-refractivity contribution in [3.8, 4) is 0 Å². The average Bonchev–Trinajstić information content (AvgIpc) is 2.61. The van der Waals surface area contributed by atoms with E-state index in [1.54, 1.807) is 11.3 Å². The predicted octanol–water partition coefficient (Wildman–Crippen LogP) is 4.13. The molecule has 0 bridgehead atoms. The minimum Gasteiger partial charge on any atom is -0.481 e. The van der Waals surface area contributed by atoms with Gasteiger partial charge in [-0.25, -0.2) is 0 Å². The van der Waals surface area contributed by atoms with Gasteiger partial charge in [0.05, 0.1) is 6.42 Å². The second-order valence-electron chi connectivity index (χ2n) is 3.80. The van der Waals surface area contributed by atoms with E-state index in [0.29, 0.717) is 0 Å². The zero-order chi connectivity index (χ0) is 11.7. The van der Waals surface area contributed by atoms with Gasteiger partial charge < -0.3 is 5.11 Å². The van der Waals surface area contributed by atoms with Crippen LogP contribution in [0.4, 0.5) is 0 Å². The van der Waals surface area contributed by atoms with Crippen LogP contribution in [0.5, 0.6) is 0 Å². The van der Waals surface area contributed by atoms with Gasteiger partial charge in [-0.15, -0.1) is 11.3 Å². The van der Waals surface area contributed by atoms with Gasteiger partial charge in [0, 0.05) is 25.9 Å². The van der Waals surface area contributed by atoms with Crippen LogP contribution in [-0.4, -0.2) is 11.1 Å². The number of carbonyl (C=O) groups is 1. The molecule has 0 spiro atoms. The SMILES string of the molecule is CC(CC(=O)O)c1cc2c(Cl)cccc2s1. The number of thiophene rings is 1. The fraction of sp³-hybridized carbons (Fsp3) is 0.250. The minimum atomic E-state index is -0.768. The Morgan fingerprint density at radius 3 is 2.94 bits per heavy atom. The number of hydrogen-bond donors (Lipinski definition) is 1. The first-order valence-electron chi connectivity index (χ1n) is 4.97. The number of aliphatic carboxylic acids is 1. The van der Waals surface area contributed by atoms with Crippen molar-refractivity contribution < 1.29 is 9.90 Å². The Hall–Kier alpha value is -1.06. The van der Waals surface area contributed by atoms with E-state index in [1.165, 1.54) is 0 Å². The Balaban J connectivity index is 2.39. The summed E-state index contributed by atoms with van der Waals surface area (Å²) in [5.74, 6) is -0.734. The molecule has 1 atom stereocenters. The van der Waals surface area contributed by atoms with Crippen molar-refractivity contribution in [2.75, 3.05) is 0 Å². The highest BCUT2D eigenvalue weighted by atomic mass is 35.5. The van der Waals surface area contributed by atoms with Gasteiger partial charge in [-0.1, -0.05) is 24.6 Å². The Morgan fingerprint density at radius 2 is 2.31 bits per heavy atom. The van der Waals surface area contributed by atoms with E-state index in [-0.39, 0.29) is 12.3 Å². The van der Waals surface area contributed by atoms with E-state index >= 15 is 0 Å². The summed E-state index contributed by atoms with van der Waals surface area (Å²) >= 11 is 7.68. The van der Waals surface area contributed by atoms with E-state index in [0.717, 1.165) is 20.0 Å². The fourth-order valence-corrected chi connectivity index (χ4v) is 3.08. The van der Waals surface area contributed by atoms with Crippen LogP contribution < -0.4 is 0 Å². The molecule has 2 nitrogen and oxygen atoms in total. The predicted molar refractivity (Wildman–Crippen MR) is 67.5 cm³/mol. The first-order chi connectivity index (χ1) is 7.58. The molecule has 0 saturated heterocycles. The zero-order valence-electron chi connectivity index (χ0n) is 8.74. The minimum absolute atomic E-state index is 0.0333. The van der Waals surface area contributed by atoms with Gasteiger partial charge in [0.1, 0.15) is 0 Å². The number of rotatable bonds is 3. The highest BCUT2D eigenvalue weighted by molar-refractivity contribution is 7.19. The molecule has 0 aliphatic carbocycles. The molecule has 0 fully saturated rings. The van der Waals surface area contributed by atoms with Crippen molar-refractivity contribution in [3.63, 3.8) is 0 Å². The van der Waals surface area contributed by atoms with Crippen LogP contribution in [0.25, 0.3) is 10.1 Å². The van der Waals surface area contributed by atoms with Gasteiger partial charge in [-0.2, -0.15) is 0 Å². The Bertz CT molecular complexity index is 533. The number of hydrogen-bond acceptors (Lipinski definition) is 2. The Kier molecular flexibility index (Phi) is 3.17.